The largest absolute Gasteiger partial charge is 0.480 e. The number of nitrogens with zero attached hydrogens (tertiary/aromatic N) is 2. The molecule has 2 aliphatic rings. The number of aliphatic carboxylic acids is 1. The van der Waals surface area contributed by atoms with Gasteiger partial charge in [-0.25, -0.2) is 4.79 Å². The quantitative estimate of drug-likeness (QED) is 0.791. The molecule has 132 valence electrons. The number of likely N-dealkylation sites (N-methyl/N-ethyl adjacent to an activating group) is 1. The molecule has 3 unspecified atom stereocenters. The minimum absolute atomic E-state index is 0.0322. The molecule has 1 aliphatic carbocycles. The number of hydrogen-bond acceptors (Lipinski definition) is 4. The molecule has 2 rings (SSSR count). The summed E-state index contributed by atoms with van der Waals surface area (Å²) in [7, 11) is 0. The van der Waals surface area contributed by atoms with Gasteiger partial charge < -0.3 is 20.1 Å². The zero-order chi connectivity index (χ0) is 17.1. The summed E-state index contributed by atoms with van der Waals surface area (Å²) in [5.41, 5.74) is 0. The molecule has 2 amide bonds. The lowest BCUT2D eigenvalue weighted by Gasteiger charge is -2.45. The molecule has 7 heteroatoms. The Morgan fingerprint density at radius 2 is 1.96 bits per heavy atom. The van der Waals surface area contributed by atoms with E-state index in [2.05, 4.69) is 5.32 Å². The Hall–Kier alpha value is -1.34. The van der Waals surface area contributed by atoms with Gasteiger partial charge in [0.05, 0.1) is 24.8 Å². The third kappa shape index (κ3) is 4.35. The van der Waals surface area contributed by atoms with E-state index in [9.17, 15) is 9.59 Å². The highest BCUT2D eigenvalue weighted by Gasteiger charge is 2.38. The summed E-state index contributed by atoms with van der Waals surface area (Å²) in [6.45, 7) is 9.33. The normalized spacial score (nSPS) is 34.1. The number of amides is 2. The van der Waals surface area contributed by atoms with Crippen LogP contribution in [0.25, 0.3) is 0 Å². The van der Waals surface area contributed by atoms with Crippen molar-refractivity contribution in [3.63, 3.8) is 0 Å². The van der Waals surface area contributed by atoms with Crippen molar-refractivity contribution in [1.82, 2.24) is 15.1 Å². The van der Waals surface area contributed by atoms with Crippen molar-refractivity contribution in [2.75, 3.05) is 19.6 Å². The average Bonchev–Trinajstić information content (AvgIpc) is 2.43. The molecule has 7 nitrogen and oxygen atoms in total. The number of urea groups is 1. The van der Waals surface area contributed by atoms with E-state index in [-0.39, 0.29) is 42.9 Å². The Kier molecular flexibility index (Phi) is 5.86. The van der Waals surface area contributed by atoms with Crippen molar-refractivity contribution in [2.45, 2.75) is 70.9 Å². The molecule has 0 aromatic heterocycles. The van der Waals surface area contributed by atoms with Gasteiger partial charge in [0, 0.05) is 18.6 Å². The molecule has 1 heterocycles. The molecule has 2 N–H and O–H groups in total. The molecule has 23 heavy (non-hydrogen) atoms. The van der Waals surface area contributed by atoms with E-state index in [0.29, 0.717) is 13.1 Å². The monoisotopic (exact) mass is 327 g/mol. The fourth-order valence-corrected chi connectivity index (χ4v) is 3.42. The van der Waals surface area contributed by atoms with Gasteiger partial charge in [-0.3, -0.25) is 9.69 Å². The van der Waals surface area contributed by atoms with Crippen molar-refractivity contribution in [2.24, 2.45) is 0 Å². The van der Waals surface area contributed by atoms with Gasteiger partial charge >= 0.3 is 12.0 Å². The van der Waals surface area contributed by atoms with Crippen LogP contribution in [0.4, 0.5) is 4.79 Å². The second-order valence-corrected chi connectivity index (χ2v) is 6.77. The van der Waals surface area contributed by atoms with Crippen molar-refractivity contribution < 1.29 is 19.4 Å². The van der Waals surface area contributed by atoms with Crippen LogP contribution in [-0.4, -0.2) is 76.9 Å². The van der Waals surface area contributed by atoms with Gasteiger partial charge in [0.25, 0.3) is 0 Å². The molecule has 1 aliphatic heterocycles. The number of nitrogens with one attached hydrogen (secondary N) is 1. The van der Waals surface area contributed by atoms with Crippen LogP contribution in [0.5, 0.6) is 0 Å². The van der Waals surface area contributed by atoms with E-state index in [0.717, 1.165) is 12.8 Å². The van der Waals surface area contributed by atoms with Crippen LogP contribution in [0.2, 0.25) is 0 Å². The molecule has 0 aromatic carbocycles. The molecule has 3 atom stereocenters. The summed E-state index contributed by atoms with van der Waals surface area (Å²) in [4.78, 5) is 27.1. The Morgan fingerprint density at radius 1 is 1.30 bits per heavy atom. The average molecular weight is 327 g/mol. The molecular weight excluding hydrogens is 298 g/mol. The predicted molar refractivity (Wildman–Crippen MR) is 86.4 cm³/mol. The fraction of sp³-hybridized carbons (Fsp3) is 0.875. The summed E-state index contributed by atoms with van der Waals surface area (Å²) in [6.07, 6.45) is 1.71. The lowest BCUT2D eigenvalue weighted by molar-refractivity contribution is -0.139. The molecule has 0 bridgehead atoms. The summed E-state index contributed by atoms with van der Waals surface area (Å²) in [6, 6.07) is 0.405. The fourth-order valence-electron chi connectivity index (χ4n) is 3.42. The second kappa shape index (κ2) is 7.49. The molecule has 1 saturated carbocycles. The van der Waals surface area contributed by atoms with Gasteiger partial charge in [-0.1, -0.05) is 6.92 Å². The number of carbonyl (C=O) groups excluding carboxylic acids is 1. The first-order chi connectivity index (χ1) is 10.8. The summed E-state index contributed by atoms with van der Waals surface area (Å²) >= 11 is 0. The van der Waals surface area contributed by atoms with Crippen LogP contribution >= 0.6 is 0 Å². The zero-order valence-electron chi connectivity index (χ0n) is 14.5. The van der Waals surface area contributed by atoms with Crippen LogP contribution in [0.15, 0.2) is 0 Å². The summed E-state index contributed by atoms with van der Waals surface area (Å²) in [5, 5.41) is 12.0. The van der Waals surface area contributed by atoms with Crippen LogP contribution < -0.4 is 5.32 Å². The highest BCUT2D eigenvalue weighted by Crippen LogP contribution is 2.26. The number of carbonyl (C=O) groups is 2. The van der Waals surface area contributed by atoms with E-state index in [4.69, 9.17) is 9.84 Å². The van der Waals surface area contributed by atoms with E-state index in [1.807, 2.05) is 37.5 Å². The van der Waals surface area contributed by atoms with Crippen LogP contribution in [0.1, 0.15) is 40.5 Å². The first-order valence-corrected chi connectivity index (χ1v) is 8.50. The van der Waals surface area contributed by atoms with E-state index in [1.54, 1.807) is 0 Å². The number of rotatable bonds is 5. The Bertz CT molecular complexity index is 439. The number of ether oxygens (including phenoxy) is 1. The molecular formula is C16H29N3O4. The maximum absolute atomic E-state index is 12.5. The van der Waals surface area contributed by atoms with Gasteiger partial charge in [0.2, 0.25) is 0 Å². The lowest BCUT2D eigenvalue weighted by atomic mass is 9.85. The third-order valence-corrected chi connectivity index (χ3v) is 5.03. The van der Waals surface area contributed by atoms with Crippen molar-refractivity contribution >= 4 is 12.0 Å². The Labute approximate surface area is 138 Å². The molecule has 1 saturated heterocycles. The minimum atomic E-state index is -0.801. The van der Waals surface area contributed by atoms with Gasteiger partial charge in [0.1, 0.15) is 0 Å². The lowest BCUT2D eigenvalue weighted by Crippen LogP contribution is -2.61. The smallest absolute Gasteiger partial charge is 0.318 e. The van der Waals surface area contributed by atoms with E-state index < -0.39 is 5.97 Å². The summed E-state index contributed by atoms with van der Waals surface area (Å²) < 4.78 is 5.74. The zero-order valence-corrected chi connectivity index (χ0v) is 14.5. The van der Waals surface area contributed by atoms with Crippen LogP contribution in [0, 0.1) is 0 Å². The highest BCUT2D eigenvalue weighted by molar-refractivity contribution is 5.75. The molecule has 0 spiro atoms. The van der Waals surface area contributed by atoms with Crippen molar-refractivity contribution in [3.8, 4) is 0 Å². The standard InChI is InChI=1S/C16H29N3O4/c1-5-18(9-15(20)21)14-6-13(7-14)17-16(22)19-8-10(2)23-12(4)11(19)3/h10-14H,5-9H2,1-4H3,(H,17,22)(H,20,21). The van der Waals surface area contributed by atoms with E-state index >= 15 is 0 Å². The molecule has 0 radical (unpaired) electrons. The van der Waals surface area contributed by atoms with Crippen LogP contribution in [0.3, 0.4) is 0 Å². The van der Waals surface area contributed by atoms with Crippen molar-refractivity contribution in [1.29, 1.82) is 0 Å². The number of carboxylic acids is 1. The van der Waals surface area contributed by atoms with Crippen molar-refractivity contribution in [3.05, 3.63) is 0 Å². The summed E-state index contributed by atoms with van der Waals surface area (Å²) in [5.74, 6) is -0.801. The number of morpholine rings is 1. The number of carboxylic acid groups (broad SMARTS) is 1. The topological polar surface area (TPSA) is 82.1 Å². The SMILES string of the molecule is CCN(CC(=O)O)C1CC(NC(=O)N2CC(C)OC(C)C2C)C1. The predicted octanol–water partition coefficient (Wildman–Crippen LogP) is 1.13. The maximum Gasteiger partial charge on any atom is 0.318 e. The van der Waals surface area contributed by atoms with Crippen LogP contribution in [-0.2, 0) is 9.53 Å². The van der Waals surface area contributed by atoms with E-state index in [1.165, 1.54) is 0 Å². The second-order valence-electron chi connectivity index (χ2n) is 6.77. The number of hydrogen-bond donors (Lipinski definition) is 2. The van der Waals surface area contributed by atoms with Gasteiger partial charge in [-0.2, -0.15) is 0 Å². The highest BCUT2D eigenvalue weighted by atomic mass is 16.5. The van der Waals surface area contributed by atoms with Gasteiger partial charge in [0.15, 0.2) is 0 Å². The Morgan fingerprint density at radius 3 is 2.52 bits per heavy atom. The van der Waals surface area contributed by atoms with Gasteiger partial charge in [-0.15, -0.1) is 0 Å². The Balaban J connectivity index is 1.80. The third-order valence-electron chi connectivity index (χ3n) is 5.03. The first kappa shape index (κ1) is 18.0. The molecule has 0 aromatic rings. The molecule has 2 fully saturated rings. The maximum atomic E-state index is 12.5. The van der Waals surface area contributed by atoms with Gasteiger partial charge in [-0.05, 0) is 40.2 Å². The first-order valence-electron chi connectivity index (χ1n) is 8.50. The minimum Gasteiger partial charge on any atom is -0.480 e.